The van der Waals surface area contributed by atoms with Crippen molar-refractivity contribution in [2.75, 3.05) is 27.3 Å². The average molecular weight is 285 g/mol. The van der Waals surface area contributed by atoms with Gasteiger partial charge in [-0.05, 0) is 12.1 Å². The summed E-state index contributed by atoms with van der Waals surface area (Å²) < 4.78 is 30.2. The van der Waals surface area contributed by atoms with Crippen LogP contribution in [0.2, 0.25) is 0 Å². The van der Waals surface area contributed by atoms with Crippen LogP contribution in [0.4, 0.5) is 0 Å². The molecule has 0 aliphatic rings. The SMILES string of the molecule is COCC(O)CN(C)S(=O)(=O)c1cccnc1C#N. The Labute approximate surface area is 112 Å². The molecule has 1 rings (SSSR count). The molecule has 0 aliphatic heterocycles. The predicted molar refractivity (Wildman–Crippen MR) is 66.7 cm³/mol. The second kappa shape index (κ2) is 6.58. The molecule has 1 unspecified atom stereocenters. The molecule has 0 saturated heterocycles. The number of pyridine rings is 1. The van der Waals surface area contributed by atoms with E-state index in [0.717, 1.165) is 4.31 Å². The lowest BCUT2D eigenvalue weighted by atomic mass is 10.4. The highest BCUT2D eigenvalue weighted by Gasteiger charge is 2.26. The number of nitrogens with zero attached hydrogens (tertiary/aromatic N) is 3. The smallest absolute Gasteiger partial charge is 0.245 e. The van der Waals surface area contributed by atoms with Crippen molar-refractivity contribution in [2.24, 2.45) is 0 Å². The molecule has 1 aromatic heterocycles. The molecule has 0 saturated carbocycles. The average Bonchev–Trinajstić information content (AvgIpc) is 2.38. The molecule has 0 aromatic carbocycles. The number of methoxy groups -OCH3 is 1. The van der Waals surface area contributed by atoms with Gasteiger partial charge in [-0.15, -0.1) is 0 Å². The van der Waals surface area contributed by atoms with Crippen LogP contribution in [0.3, 0.4) is 0 Å². The molecule has 0 bridgehead atoms. The molecule has 1 atom stereocenters. The molecule has 1 heterocycles. The summed E-state index contributed by atoms with van der Waals surface area (Å²) in [5, 5.41) is 18.4. The van der Waals surface area contributed by atoms with Gasteiger partial charge in [0.15, 0.2) is 5.69 Å². The van der Waals surface area contributed by atoms with Gasteiger partial charge in [-0.25, -0.2) is 13.4 Å². The standard InChI is InChI=1S/C11H15N3O4S/c1-14(7-9(15)8-18-2)19(16,17)11-4-3-5-13-10(11)6-12/h3-5,9,15H,7-8H2,1-2H3. The summed E-state index contributed by atoms with van der Waals surface area (Å²) in [7, 11) is -1.13. The fourth-order valence-electron chi connectivity index (χ4n) is 1.49. The van der Waals surface area contributed by atoms with Crippen molar-refractivity contribution < 1.29 is 18.3 Å². The van der Waals surface area contributed by atoms with Gasteiger partial charge in [0.1, 0.15) is 11.0 Å². The minimum Gasteiger partial charge on any atom is -0.389 e. The molecule has 0 spiro atoms. The van der Waals surface area contributed by atoms with Crippen LogP contribution >= 0.6 is 0 Å². The molecule has 1 N–H and O–H groups in total. The van der Waals surface area contributed by atoms with Crippen molar-refractivity contribution in [3.8, 4) is 6.07 Å². The molecule has 0 fully saturated rings. The number of aliphatic hydroxyl groups is 1. The van der Waals surface area contributed by atoms with Gasteiger partial charge in [-0.1, -0.05) is 0 Å². The molecule has 0 amide bonds. The summed E-state index contributed by atoms with van der Waals surface area (Å²) in [6.07, 6.45) is 0.407. The highest BCUT2D eigenvalue weighted by molar-refractivity contribution is 7.89. The maximum absolute atomic E-state index is 12.2. The number of likely N-dealkylation sites (N-methyl/N-ethyl adjacent to an activating group) is 1. The first kappa shape index (κ1) is 15.5. The normalized spacial score (nSPS) is 13.2. The third-order valence-corrected chi connectivity index (χ3v) is 4.25. The van der Waals surface area contributed by atoms with E-state index >= 15 is 0 Å². The maximum Gasteiger partial charge on any atom is 0.245 e. The van der Waals surface area contributed by atoms with Gasteiger partial charge in [-0.2, -0.15) is 9.57 Å². The number of rotatable bonds is 6. The third-order valence-electron chi connectivity index (χ3n) is 2.39. The minimum atomic E-state index is -3.86. The fraction of sp³-hybridized carbons (Fsp3) is 0.455. The van der Waals surface area contributed by atoms with Crippen molar-refractivity contribution in [1.29, 1.82) is 5.26 Å². The first-order valence-electron chi connectivity index (χ1n) is 5.42. The minimum absolute atomic E-state index is 0.0258. The Morgan fingerprint density at radius 3 is 2.89 bits per heavy atom. The van der Waals surface area contributed by atoms with Gasteiger partial charge in [0, 0.05) is 26.9 Å². The zero-order valence-corrected chi connectivity index (χ0v) is 11.5. The number of ether oxygens (including phenoxy) is 1. The second-order valence-corrected chi connectivity index (χ2v) is 5.87. The molecule has 104 valence electrons. The number of hydrogen-bond acceptors (Lipinski definition) is 6. The van der Waals surface area contributed by atoms with E-state index in [-0.39, 0.29) is 23.7 Å². The van der Waals surface area contributed by atoms with Crippen LogP contribution in [-0.2, 0) is 14.8 Å². The number of nitriles is 1. The lowest BCUT2D eigenvalue weighted by molar-refractivity contribution is 0.0554. The zero-order valence-electron chi connectivity index (χ0n) is 10.6. The molecule has 8 heteroatoms. The molecule has 0 radical (unpaired) electrons. The van der Waals surface area contributed by atoms with Gasteiger partial charge in [-0.3, -0.25) is 0 Å². The van der Waals surface area contributed by atoms with Crippen LogP contribution in [0.1, 0.15) is 5.69 Å². The maximum atomic E-state index is 12.2. The Balaban J connectivity index is 3.01. The largest absolute Gasteiger partial charge is 0.389 e. The molecule has 0 aliphatic carbocycles. The molecular weight excluding hydrogens is 270 g/mol. The van der Waals surface area contributed by atoms with Crippen molar-refractivity contribution >= 4 is 10.0 Å². The number of aliphatic hydroxyl groups excluding tert-OH is 1. The van der Waals surface area contributed by atoms with Crippen LogP contribution in [-0.4, -0.2) is 56.2 Å². The number of aromatic nitrogens is 1. The van der Waals surface area contributed by atoms with E-state index in [1.54, 1.807) is 6.07 Å². The van der Waals surface area contributed by atoms with Gasteiger partial charge >= 0.3 is 0 Å². The van der Waals surface area contributed by atoms with Gasteiger partial charge in [0.25, 0.3) is 0 Å². The van der Waals surface area contributed by atoms with Gasteiger partial charge < -0.3 is 9.84 Å². The van der Waals surface area contributed by atoms with E-state index in [4.69, 9.17) is 10.00 Å². The summed E-state index contributed by atoms with van der Waals surface area (Å²) in [5.41, 5.74) is -0.171. The molecular formula is C11H15N3O4S. The number of hydrogen-bond donors (Lipinski definition) is 1. The van der Waals surface area contributed by atoms with Crippen molar-refractivity contribution in [2.45, 2.75) is 11.0 Å². The monoisotopic (exact) mass is 285 g/mol. The van der Waals surface area contributed by atoms with E-state index in [0.29, 0.717) is 0 Å². The van der Waals surface area contributed by atoms with Crippen LogP contribution in [0.25, 0.3) is 0 Å². The van der Waals surface area contributed by atoms with Crippen LogP contribution in [0.5, 0.6) is 0 Å². The van der Waals surface area contributed by atoms with Crippen molar-refractivity contribution in [3.05, 3.63) is 24.0 Å². The highest BCUT2D eigenvalue weighted by atomic mass is 32.2. The Bertz CT molecular complexity index is 568. The fourth-order valence-corrected chi connectivity index (χ4v) is 2.79. The third kappa shape index (κ3) is 3.71. The predicted octanol–water partition coefficient (Wildman–Crippen LogP) is -0.419. The summed E-state index contributed by atoms with van der Waals surface area (Å²) in [6, 6.07) is 4.47. The van der Waals surface area contributed by atoms with Crippen LogP contribution in [0.15, 0.2) is 23.2 Å². The second-order valence-electron chi connectivity index (χ2n) is 3.86. The summed E-state index contributed by atoms with van der Waals surface area (Å²) in [4.78, 5) is 3.53. The van der Waals surface area contributed by atoms with Crippen molar-refractivity contribution in [1.82, 2.24) is 9.29 Å². The van der Waals surface area contributed by atoms with Gasteiger partial charge in [0.05, 0.1) is 12.7 Å². The van der Waals surface area contributed by atoms with E-state index in [1.807, 2.05) is 0 Å². The van der Waals surface area contributed by atoms with Crippen molar-refractivity contribution in [3.63, 3.8) is 0 Å². The first-order valence-corrected chi connectivity index (χ1v) is 6.86. The Hall–Kier alpha value is -1.53. The zero-order chi connectivity index (χ0) is 14.5. The Kier molecular flexibility index (Phi) is 5.38. The Morgan fingerprint density at radius 2 is 2.32 bits per heavy atom. The lowest BCUT2D eigenvalue weighted by Crippen LogP contribution is -2.36. The number of sulfonamides is 1. The summed E-state index contributed by atoms with van der Waals surface area (Å²) >= 11 is 0. The Morgan fingerprint density at radius 1 is 1.63 bits per heavy atom. The van der Waals surface area contributed by atoms with E-state index < -0.39 is 16.1 Å². The summed E-state index contributed by atoms with van der Waals surface area (Å²) in [6.45, 7) is -0.103. The molecule has 1 aromatic rings. The van der Waals surface area contributed by atoms with Crippen LogP contribution in [0, 0.1) is 11.3 Å². The topological polar surface area (TPSA) is 104 Å². The van der Waals surface area contributed by atoms with E-state index in [9.17, 15) is 13.5 Å². The molecule has 19 heavy (non-hydrogen) atoms. The lowest BCUT2D eigenvalue weighted by Gasteiger charge is -2.20. The van der Waals surface area contributed by atoms with Gasteiger partial charge in [0.2, 0.25) is 10.0 Å². The first-order chi connectivity index (χ1) is 8.93. The quantitative estimate of drug-likeness (QED) is 0.761. The van der Waals surface area contributed by atoms with Crippen LogP contribution < -0.4 is 0 Å². The summed E-state index contributed by atoms with van der Waals surface area (Å²) in [5.74, 6) is 0. The van der Waals surface area contributed by atoms with E-state index in [1.165, 1.54) is 32.5 Å². The highest BCUT2D eigenvalue weighted by Crippen LogP contribution is 2.16. The molecule has 7 nitrogen and oxygen atoms in total. The van der Waals surface area contributed by atoms with E-state index in [2.05, 4.69) is 4.98 Å².